The molecule has 5 N–H and O–H groups in total. The van der Waals surface area contributed by atoms with Gasteiger partial charge >= 0.3 is 0 Å². The molecule has 1 aromatic heterocycles. The summed E-state index contributed by atoms with van der Waals surface area (Å²) in [5.74, 6) is 0.0443. The first kappa shape index (κ1) is 13.3. The Morgan fingerprint density at radius 3 is 2.71 bits per heavy atom. The van der Waals surface area contributed by atoms with Crippen LogP contribution in [0.15, 0.2) is 18.2 Å². The van der Waals surface area contributed by atoms with Crippen molar-refractivity contribution < 1.29 is 0 Å². The van der Waals surface area contributed by atoms with E-state index in [0.717, 1.165) is 4.68 Å². The van der Waals surface area contributed by atoms with E-state index in [9.17, 15) is 0 Å². The zero-order valence-corrected chi connectivity index (χ0v) is 10.4. The molecule has 0 aliphatic heterocycles. The molecule has 1 aromatic rings. The smallest absolute Gasteiger partial charge is 0.179 e. The van der Waals surface area contributed by atoms with Crippen molar-refractivity contribution in [3.8, 4) is 0 Å². The molecule has 0 saturated heterocycles. The van der Waals surface area contributed by atoms with Gasteiger partial charge in [-0.15, -0.1) is 0 Å². The van der Waals surface area contributed by atoms with Crippen molar-refractivity contribution in [3.05, 3.63) is 29.4 Å². The Hall–Kier alpha value is -1.73. The first-order chi connectivity index (χ1) is 7.95. The third-order valence-corrected chi connectivity index (χ3v) is 2.32. The van der Waals surface area contributed by atoms with Crippen LogP contribution in [-0.4, -0.2) is 27.9 Å². The van der Waals surface area contributed by atoms with Gasteiger partial charge in [-0.2, -0.15) is 5.10 Å². The molecule has 17 heavy (non-hydrogen) atoms. The molecule has 0 aliphatic rings. The fourth-order valence-corrected chi connectivity index (χ4v) is 1.50. The van der Waals surface area contributed by atoms with E-state index < -0.39 is 0 Å². The maximum atomic E-state index is 7.61. The third kappa shape index (κ3) is 3.36. The van der Waals surface area contributed by atoms with Crippen LogP contribution in [0, 0.1) is 16.2 Å². The van der Waals surface area contributed by atoms with Crippen molar-refractivity contribution in [2.24, 2.45) is 5.73 Å². The van der Waals surface area contributed by atoms with E-state index in [1.54, 1.807) is 19.1 Å². The largest absolute Gasteiger partial charge is 0.324 e. The predicted molar refractivity (Wildman–Crippen MR) is 71.8 cm³/mol. The summed E-state index contributed by atoms with van der Waals surface area (Å²) in [6.45, 7) is 1.66. The van der Waals surface area contributed by atoms with Gasteiger partial charge in [0.05, 0.1) is 6.54 Å². The highest BCUT2D eigenvalue weighted by Gasteiger charge is 2.08. The van der Waals surface area contributed by atoms with E-state index in [4.69, 9.17) is 22.0 Å². The van der Waals surface area contributed by atoms with E-state index in [0.29, 0.717) is 16.3 Å². The molecular weight excluding hydrogens is 236 g/mol. The molecule has 0 aromatic carbocycles. The fourth-order valence-electron chi connectivity index (χ4n) is 1.15. The number of hydrogen-bond donors (Lipinski definition) is 4. The Morgan fingerprint density at radius 2 is 2.18 bits per heavy atom. The number of nitrogens with zero attached hydrogens (tertiary/aromatic N) is 2. The molecular formula is C10H15N6S+. The number of hydrogen-bond acceptors (Lipinski definition) is 5. The van der Waals surface area contributed by atoms with Crippen molar-refractivity contribution in [2.75, 3.05) is 6.54 Å². The maximum absolute atomic E-state index is 7.61. The number of nitrogens with one attached hydrogen (secondary N) is 3. The lowest BCUT2D eigenvalue weighted by Gasteiger charge is -2.05. The van der Waals surface area contributed by atoms with Gasteiger partial charge in [-0.05, 0) is 31.7 Å². The maximum Gasteiger partial charge on any atom is 0.179 e. The zero-order valence-electron chi connectivity index (χ0n) is 9.41. The summed E-state index contributed by atoms with van der Waals surface area (Å²) in [6, 6.07) is 3.17. The van der Waals surface area contributed by atoms with Crippen molar-refractivity contribution in [3.63, 3.8) is 0 Å². The average Bonchev–Trinajstić information content (AvgIpc) is 2.27. The lowest BCUT2D eigenvalue weighted by atomic mass is 10.3. The van der Waals surface area contributed by atoms with Gasteiger partial charge in [0.2, 0.25) is 0 Å². The molecule has 1 rings (SSSR count). The molecule has 0 unspecified atom stereocenters. The normalized spacial score (nSPS) is 11.4. The monoisotopic (exact) mass is 251 g/mol. The van der Waals surface area contributed by atoms with Gasteiger partial charge in [-0.1, -0.05) is 0 Å². The lowest BCUT2D eigenvalue weighted by Crippen LogP contribution is -2.33. The van der Waals surface area contributed by atoms with Gasteiger partial charge in [0.25, 0.3) is 0 Å². The number of rotatable bonds is 3. The summed E-state index contributed by atoms with van der Waals surface area (Å²) in [5, 5.41) is 26.6. The van der Waals surface area contributed by atoms with Crippen LogP contribution in [0.4, 0.5) is 0 Å². The van der Waals surface area contributed by atoms with Crippen LogP contribution >= 0.6 is 0 Å². The second-order valence-electron chi connectivity index (χ2n) is 3.41. The zero-order chi connectivity index (χ0) is 13.0. The van der Waals surface area contributed by atoms with E-state index in [-0.39, 0.29) is 17.9 Å². The summed E-state index contributed by atoms with van der Waals surface area (Å²) in [6.07, 6.45) is 1.60. The first-order valence-corrected chi connectivity index (χ1v) is 5.37. The van der Waals surface area contributed by atoms with E-state index in [1.165, 1.54) is 6.07 Å². The second kappa shape index (κ2) is 5.55. The number of aromatic nitrogens is 2. The number of allylic oxidation sites excluding steroid dienone is 1. The Balaban J connectivity index is 3.26. The van der Waals surface area contributed by atoms with Gasteiger partial charge in [0.15, 0.2) is 4.91 Å². The topological polar surface area (TPSA) is 115 Å². The molecule has 1 heterocycles. The van der Waals surface area contributed by atoms with Crippen molar-refractivity contribution in [1.82, 2.24) is 9.78 Å². The third-order valence-electron chi connectivity index (χ3n) is 1.92. The standard InChI is InChI=1S/C10H14N6S/c1-6(12)4-8(17)7-2-3-9(13)16(15-7)10(14)5-11/h2-4,12-14,17H,5,11H2,1H3/p+1/b8-4-,12-6?,13-9?,14-10?. The molecule has 6 nitrogen and oxygen atoms in total. The van der Waals surface area contributed by atoms with Crippen molar-refractivity contribution in [1.29, 1.82) is 16.2 Å². The van der Waals surface area contributed by atoms with Crippen molar-refractivity contribution >= 4 is 29.1 Å². The summed E-state index contributed by atoms with van der Waals surface area (Å²) in [5.41, 5.74) is 6.37. The van der Waals surface area contributed by atoms with Crippen LogP contribution in [0.5, 0.6) is 0 Å². The van der Waals surface area contributed by atoms with Crippen LogP contribution in [0.1, 0.15) is 12.6 Å². The molecule has 0 spiro atoms. The molecule has 0 bridgehead atoms. The fraction of sp³-hybridized carbons (Fsp3) is 0.200. The van der Waals surface area contributed by atoms with Crippen LogP contribution in [-0.2, 0) is 12.6 Å². The summed E-state index contributed by atoms with van der Waals surface area (Å²) in [4.78, 5) is 0.621. The van der Waals surface area contributed by atoms with E-state index >= 15 is 0 Å². The SMILES string of the molecule is CC(=N)/C=C(\[SH2+])c1ccc(=N)n(C(=N)CN)n1. The highest BCUT2D eigenvalue weighted by Crippen LogP contribution is 2.07. The van der Waals surface area contributed by atoms with Crippen LogP contribution in [0.25, 0.3) is 4.91 Å². The summed E-state index contributed by atoms with van der Waals surface area (Å²) in [7, 11) is 0. The summed E-state index contributed by atoms with van der Waals surface area (Å²) < 4.78 is 1.16. The molecule has 90 valence electrons. The summed E-state index contributed by atoms with van der Waals surface area (Å²) >= 11 is 3.35. The minimum Gasteiger partial charge on any atom is -0.324 e. The molecule has 0 atom stereocenters. The Morgan fingerprint density at radius 1 is 1.53 bits per heavy atom. The highest BCUT2D eigenvalue weighted by atomic mass is 32.1. The van der Waals surface area contributed by atoms with Crippen LogP contribution in [0.2, 0.25) is 0 Å². The molecule has 0 saturated carbocycles. The van der Waals surface area contributed by atoms with E-state index in [1.807, 2.05) is 0 Å². The highest BCUT2D eigenvalue weighted by molar-refractivity contribution is 7.70. The molecule has 0 aliphatic carbocycles. The first-order valence-electron chi connectivity index (χ1n) is 4.87. The van der Waals surface area contributed by atoms with Crippen LogP contribution < -0.4 is 11.2 Å². The van der Waals surface area contributed by atoms with E-state index in [2.05, 4.69) is 17.7 Å². The quantitative estimate of drug-likeness (QED) is 0.330. The van der Waals surface area contributed by atoms with Gasteiger partial charge in [0, 0.05) is 11.8 Å². The average molecular weight is 251 g/mol. The molecule has 0 amide bonds. The molecule has 0 radical (unpaired) electrons. The minimum atomic E-state index is 0.0113. The second-order valence-corrected chi connectivity index (χ2v) is 3.95. The number of nitrogens with two attached hydrogens (primary N) is 1. The lowest BCUT2D eigenvalue weighted by molar-refractivity contribution is 0.790. The predicted octanol–water partition coefficient (Wildman–Crippen LogP) is -0.461. The molecule has 7 heteroatoms. The Labute approximate surface area is 104 Å². The molecule has 0 fully saturated rings. The van der Waals surface area contributed by atoms with Gasteiger partial charge in [-0.3, -0.25) is 10.8 Å². The van der Waals surface area contributed by atoms with Gasteiger partial charge in [0.1, 0.15) is 17.0 Å². The van der Waals surface area contributed by atoms with Gasteiger partial charge < -0.3 is 11.1 Å². The van der Waals surface area contributed by atoms with Crippen molar-refractivity contribution in [2.45, 2.75) is 6.92 Å². The Bertz CT molecular complexity index is 542. The van der Waals surface area contributed by atoms with Crippen LogP contribution in [0.3, 0.4) is 0 Å². The Kier molecular flexibility index (Phi) is 4.36. The minimum absolute atomic E-state index is 0.0113. The van der Waals surface area contributed by atoms with Gasteiger partial charge in [-0.25, -0.2) is 4.68 Å².